The van der Waals surface area contributed by atoms with Crippen LogP contribution < -0.4 is 22.4 Å². The van der Waals surface area contributed by atoms with Gasteiger partial charge in [-0.15, -0.1) is 0 Å². The molecule has 0 aliphatic carbocycles. The summed E-state index contributed by atoms with van der Waals surface area (Å²) in [5.74, 6) is -0.133. The van der Waals surface area contributed by atoms with Crippen LogP contribution in [0, 0.1) is 0 Å². The first-order valence-electron chi connectivity index (χ1n) is 3.29. The molecule has 0 rings (SSSR count). The first-order valence-corrected chi connectivity index (χ1v) is 3.29. The summed E-state index contributed by atoms with van der Waals surface area (Å²) in [7, 11) is 3.84. The molecule has 0 bridgehead atoms. The standard InChI is InChI=1S/C7H14N2O.BrH/c1-5-7(10)8-9(3,4)6-2;/h5H,1,6H2,2-4H3;1H. The molecule has 0 saturated carbocycles. The molecule has 1 N–H and O–H groups in total. The summed E-state index contributed by atoms with van der Waals surface area (Å²) < 4.78 is 0.491. The Morgan fingerprint density at radius 3 is 2.36 bits per heavy atom. The Bertz CT molecular complexity index is 145. The lowest BCUT2D eigenvalue weighted by Gasteiger charge is -2.26. The molecule has 4 heteroatoms. The van der Waals surface area contributed by atoms with E-state index < -0.39 is 0 Å². The average Bonchev–Trinajstić information content (AvgIpc) is 1.87. The van der Waals surface area contributed by atoms with Crippen molar-refractivity contribution in [3.8, 4) is 0 Å². The van der Waals surface area contributed by atoms with E-state index in [0.717, 1.165) is 6.54 Å². The van der Waals surface area contributed by atoms with Crippen molar-refractivity contribution >= 4 is 5.91 Å². The van der Waals surface area contributed by atoms with Gasteiger partial charge in [-0.2, -0.15) is 5.43 Å². The number of nitrogens with one attached hydrogen (secondary N) is 1. The molecule has 0 aromatic carbocycles. The zero-order valence-corrected chi connectivity index (χ0v) is 8.81. The Morgan fingerprint density at radius 2 is 2.09 bits per heavy atom. The van der Waals surface area contributed by atoms with Gasteiger partial charge in [0, 0.05) is 6.08 Å². The second kappa shape index (κ2) is 5.32. The minimum absolute atomic E-state index is 0. The van der Waals surface area contributed by atoms with Gasteiger partial charge < -0.3 is 17.0 Å². The van der Waals surface area contributed by atoms with Gasteiger partial charge in [0.2, 0.25) is 0 Å². The van der Waals surface area contributed by atoms with Crippen molar-refractivity contribution in [3.05, 3.63) is 12.7 Å². The normalized spacial score (nSPS) is 9.73. The van der Waals surface area contributed by atoms with E-state index in [0.29, 0.717) is 4.59 Å². The van der Waals surface area contributed by atoms with Crippen LogP contribution in [0.15, 0.2) is 12.7 Å². The fourth-order valence-electron chi connectivity index (χ4n) is 0.423. The van der Waals surface area contributed by atoms with Gasteiger partial charge in [0.25, 0.3) is 5.91 Å². The molecule has 0 radical (unpaired) electrons. The molecule has 0 aliphatic heterocycles. The zero-order valence-electron chi connectivity index (χ0n) is 7.22. The maximum Gasteiger partial charge on any atom is 0.288 e. The molecular formula is C7H15BrN2O. The molecule has 0 aromatic heterocycles. The topological polar surface area (TPSA) is 29.1 Å². The molecule has 0 saturated heterocycles. The maximum absolute atomic E-state index is 10.7. The monoisotopic (exact) mass is 222 g/mol. The summed E-state index contributed by atoms with van der Waals surface area (Å²) in [6, 6.07) is 0. The van der Waals surface area contributed by atoms with E-state index in [9.17, 15) is 4.79 Å². The van der Waals surface area contributed by atoms with Crippen LogP contribution in [0.1, 0.15) is 6.92 Å². The molecular weight excluding hydrogens is 208 g/mol. The number of hydrogen-bond donors (Lipinski definition) is 1. The minimum atomic E-state index is -0.133. The van der Waals surface area contributed by atoms with E-state index in [1.807, 2.05) is 21.0 Å². The van der Waals surface area contributed by atoms with E-state index in [2.05, 4.69) is 12.0 Å². The second-order valence-electron chi connectivity index (χ2n) is 2.68. The summed E-state index contributed by atoms with van der Waals surface area (Å²) in [6.07, 6.45) is 1.27. The van der Waals surface area contributed by atoms with Crippen molar-refractivity contribution in [1.82, 2.24) is 5.43 Å². The quantitative estimate of drug-likeness (QED) is 0.315. The lowest BCUT2D eigenvalue weighted by atomic mass is 10.6. The van der Waals surface area contributed by atoms with Gasteiger partial charge in [-0.3, -0.25) is 4.79 Å². The van der Waals surface area contributed by atoms with E-state index >= 15 is 0 Å². The summed E-state index contributed by atoms with van der Waals surface area (Å²) in [5, 5.41) is 0. The third kappa shape index (κ3) is 6.06. The van der Waals surface area contributed by atoms with Crippen LogP contribution in [0.25, 0.3) is 0 Å². The highest BCUT2D eigenvalue weighted by Gasteiger charge is 2.12. The van der Waals surface area contributed by atoms with Crippen molar-refractivity contribution in [2.45, 2.75) is 6.92 Å². The summed E-state index contributed by atoms with van der Waals surface area (Å²) in [4.78, 5) is 10.7. The zero-order chi connectivity index (χ0) is 8.20. The third-order valence-corrected chi connectivity index (χ3v) is 1.39. The Kier molecular flexibility index (Phi) is 6.41. The van der Waals surface area contributed by atoms with Crippen molar-refractivity contribution in [1.29, 1.82) is 0 Å². The van der Waals surface area contributed by atoms with Gasteiger partial charge in [-0.1, -0.05) is 6.58 Å². The average molecular weight is 223 g/mol. The Morgan fingerprint density at radius 1 is 1.64 bits per heavy atom. The summed E-state index contributed by atoms with van der Waals surface area (Å²) >= 11 is 0. The molecule has 0 aliphatic rings. The highest BCUT2D eigenvalue weighted by atomic mass is 79.9. The van der Waals surface area contributed by atoms with Crippen LogP contribution in [0.5, 0.6) is 0 Å². The van der Waals surface area contributed by atoms with Gasteiger partial charge in [0.1, 0.15) is 0 Å². The van der Waals surface area contributed by atoms with Crippen LogP contribution in [-0.2, 0) is 4.79 Å². The highest BCUT2D eigenvalue weighted by molar-refractivity contribution is 5.85. The van der Waals surface area contributed by atoms with Crippen molar-refractivity contribution in [3.63, 3.8) is 0 Å². The third-order valence-electron chi connectivity index (χ3n) is 1.39. The number of halogens is 1. The number of quaternary nitrogens is 1. The minimum Gasteiger partial charge on any atom is -1.00 e. The molecule has 11 heavy (non-hydrogen) atoms. The number of carbonyl (C=O) groups is 1. The largest absolute Gasteiger partial charge is 1.00 e. The van der Waals surface area contributed by atoms with Gasteiger partial charge in [-0.25, -0.2) is 4.59 Å². The second-order valence-corrected chi connectivity index (χ2v) is 2.68. The predicted molar refractivity (Wildman–Crippen MR) is 41.0 cm³/mol. The van der Waals surface area contributed by atoms with Gasteiger partial charge in [0.05, 0.1) is 20.6 Å². The van der Waals surface area contributed by atoms with Crippen LogP contribution in [0.2, 0.25) is 0 Å². The summed E-state index contributed by atoms with van der Waals surface area (Å²) in [5.41, 5.74) is 2.74. The fraction of sp³-hybridized carbons (Fsp3) is 0.571. The number of amides is 1. The lowest BCUT2D eigenvalue weighted by molar-refractivity contribution is -0.923. The van der Waals surface area contributed by atoms with Crippen molar-refractivity contribution in [2.24, 2.45) is 0 Å². The van der Waals surface area contributed by atoms with Gasteiger partial charge in [0.15, 0.2) is 0 Å². The Balaban J connectivity index is 0. The van der Waals surface area contributed by atoms with Gasteiger partial charge >= 0.3 is 0 Å². The molecule has 0 unspecified atom stereocenters. The van der Waals surface area contributed by atoms with Crippen LogP contribution in [0.4, 0.5) is 0 Å². The number of carbonyl (C=O) groups excluding carboxylic acids is 1. The first kappa shape index (κ1) is 13.3. The predicted octanol–water partition coefficient (Wildman–Crippen LogP) is -2.70. The SMILES string of the molecule is C=CC(=O)N[N+](C)(C)CC.[Br-]. The Labute approximate surface area is 78.4 Å². The van der Waals surface area contributed by atoms with Crippen LogP contribution in [0.3, 0.4) is 0 Å². The molecule has 0 aromatic rings. The number of nitrogens with zero attached hydrogens (tertiary/aromatic N) is 1. The van der Waals surface area contributed by atoms with Crippen LogP contribution in [-0.4, -0.2) is 31.1 Å². The van der Waals surface area contributed by atoms with E-state index in [-0.39, 0.29) is 22.9 Å². The first-order chi connectivity index (χ1) is 4.52. The Hall–Kier alpha value is -0.350. The molecule has 66 valence electrons. The van der Waals surface area contributed by atoms with E-state index in [1.165, 1.54) is 6.08 Å². The highest BCUT2D eigenvalue weighted by Crippen LogP contribution is 1.87. The summed E-state index contributed by atoms with van der Waals surface area (Å²) in [6.45, 7) is 6.22. The fourth-order valence-corrected chi connectivity index (χ4v) is 0.423. The van der Waals surface area contributed by atoms with Crippen LogP contribution >= 0.6 is 0 Å². The van der Waals surface area contributed by atoms with Gasteiger partial charge in [-0.05, 0) is 6.92 Å². The van der Waals surface area contributed by atoms with E-state index in [1.54, 1.807) is 0 Å². The molecule has 0 spiro atoms. The molecule has 0 atom stereocenters. The van der Waals surface area contributed by atoms with E-state index in [4.69, 9.17) is 0 Å². The molecule has 0 fully saturated rings. The molecule has 1 amide bonds. The molecule has 3 nitrogen and oxygen atoms in total. The maximum atomic E-state index is 10.7. The smallest absolute Gasteiger partial charge is 0.288 e. The lowest BCUT2D eigenvalue weighted by Crippen LogP contribution is -3.00. The molecule has 0 heterocycles. The number of hydrogen-bond acceptors (Lipinski definition) is 1. The number of rotatable bonds is 3. The van der Waals surface area contributed by atoms with Crippen molar-refractivity contribution in [2.75, 3.05) is 20.6 Å². The van der Waals surface area contributed by atoms with Crippen molar-refractivity contribution < 1.29 is 26.4 Å².